The maximum absolute atomic E-state index is 6.18. The normalized spacial score (nSPS) is 17.7. The number of benzene rings is 4. The van der Waals surface area contributed by atoms with Crippen molar-refractivity contribution in [3.8, 4) is 0 Å². The number of anilines is 2. The largest absolute Gasteiger partial charge is 0.399 e. The molecule has 334 valence electrons. The third-order valence-electron chi connectivity index (χ3n) is 14.8. The first-order valence-corrected chi connectivity index (χ1v) is 25.9. The second kappa shape index (κ2) is 27.5. The van der Waals surface area contributed by atoms with E-state index in [-0.39, 0.29) is 5.41 Å². The Morgan fingerprint density at radius 1 is 0.393 bits per heavy atom. The summed E-state index contributed by atoms with van der Waals surface area (Å²) < 4.78 is 0. The molecule has 2 nitrogen and oxygen atoms in total. The van der Waals surface area contributed by atoms with Crippen molar-refractivity contribution in [1.82, 2.24) is 0 Å². The Morgan fingerprint density at radius 3 is 1.03 bits per heavy atom. The van der Waals surface area contributed by atoms with Crippen molar-refractivity contribution in [1.29, 1.82) is 0 Å². The minimum Gasteiger partial charge on any atom is -0.399 e. The predicted molar refractivity (Wildman–Crippen MR) is 269 cm³/mol. The summed E-state index contributed by atoms with van der Waals surface area (Å²) in [5, 5.41) is 0. The molecule has 5 rings (SSSR count). The van der Waals surface area contributed by atoms with Crippen molar-refractivity contribution >= 4 is 11.4 Å². The average Bonchev–Trinajstić information content (AvgIpc) is 3.29. The third-order valence-corrected chi connectivity index (χ3v) is 14.8. The molecule has 4 aromatic carbocycles. The van der Waals surface area contributed by atoms with Crippen molar-refractivity contribution in [2.75, 3.05) is 11.5 Å². The van der Waals surface area contributed by atoms with E-state index in [9.17, 15) is 0 Å². The highest BCUT2D eigenvalue weighted by Gasteiger charge is 2.38. The van der Waals surface area contributed by atoms with Gasteiger partial charge in [-0.15, -0.1) is 0 Å². The lowest BCUT2D eigenvalue weighted by molar-refractivity contribution is 0.250. The third kappa shape index (κ3) is 15.7. The van der Waals surface area contributed by atoms with Gasteiger partial charge in [0.1, 0.15) is 0 Å². The van der Waals surface area contributed by atoms with Gasteiger partial charge in [0.25, 0.3) is 0 Å². The second-order valence-electron chi connectivity index (χ2n) is 19.4. The van der Waals surface area contributed by atoms with Gasteiger partial charge in [0.2, 0.25) is 0 Å². The zero-order valence-corrected chi connectivity index (χ0v) is 39.4. The van der Waals surface area contributed by atoms with Crippen LogP contribution in [-0.2, 0) is 5.41 Å². The van der Waals surface area contributed by atoms with Gasteiger partial charge in [-0.3, -0.25) is 0 Å². The molecule has 0 radical (unpaired) electrons. The van der Waals surface area contributed by atoms with Crippen LogP contribution in [0.5, 0.6) is 0 Å². The SMILES string of the molecule is CCCCCCCCCCCC1CCC(c2ccc(C(CCCCCCCC)c3ccc(N)cc3)cc2)(c2ccc(C(CCCCCCCC)c3ccc(N)cc3)cc2)CC1. The van der Waals surface area contributed by atoms with Crippen LogP contribution in [0, 0.1) is 5.92 Å². The van der Waals surface area contributed by atoms with E-state index in [0.29, 0.717) is 11.8 Å². The summed E-state index contributed by atoms with van der Waals surface area (Å²) in [6.07, 6.45) is 37.6. The Hall–Kier alpha value is -3.52. The summed E-state index contributed by atoms with van der Waals surface area (Å²) in [6.45, 7) is 6.93. The Morgan fingerprint density at radius 2 is 0.689 bits per heavy atom. The van der Waals surface area contributed by atoms with Gasteiger partial charge in [-0.25, -0.2) is 0 Å². The van der Waals surface area contributed by atoms with Gasteiger partial charge in [0.15, 0.2) is 0 Å². The van der Waals surface area contributed by atoms with E-state index in [0.717, 1.165) is 17.3 Å². The fourth-order valence-corrected chi connectivity index (χ4v) is 10.8. The lowest BCUT2D eigenvalue weighted by Crippen LogP contribution is -2.33. The quantitative estimate of drug-likeness (QED) is 0.0406. The molecule has 4 N–H and O–H groups in total. The molecule has 0 amide bonds. The molecule has 61 heavy (non-hydrogen) atoms. The van der Waals surface area contributed by atoms with E-state index in [1.807, 2.05) is 0 Å². The number of hydrogen-bond acceptors (Lipinski definition) is 2. The average molecular weight is 825 g/mol. The van der Waals surface area contributed by atoms with E-state index < -0.39 is 0 Å². The number of nitrogens with two attached hydrogens (primary N) is 2. The molecule has 2 unspecified atom stereocenters. The van der Waals surface area contributed by atoms with Crippen LogP contribution in [-0.4, -0.2) is 0 Å². The van der Waals surface area contributed by atoms with Crippen LogP contribution in [0.1, 0.15) is 246 Å². The first-order valence-electron chi connectivity index (χ1n) is 25.9. The van der Waals surface area contributed by atoms with Crippen molar-refractivity contribution in [2.24, 2.45) is 5.92 Å². The van der Waals surface area contributed by atoms with Crippen molar-refractivity contribution < 1.29 is 0 Å². The molecule has 1 fully saturated rings. The fraction of sp³-hybridized carbons (Fsp3) is 0.593. The van der Waals surface area contributed by atoms with Crippen LogP contribution < -0.4 is 11.5 Å². The summed E-state index contributed by atoms with van der Waals surface area (Å²) in [6, 6.07) is 37.6. The van der Waals surface area contributed by atoms with Crippen molar-refractivity contribution in [2.45, 2.75) is 218 Å². The molecule has 0 bridgehead atoms. The first kappa shape index (κ1) is 48.5. The summed E-state index contributed by atoms with van der Waals surface area (Å²) in [4.78, 5) is 0. The highest BCUT2D eigenvalue weighted by molar-refractivity contribution is 5.47. The minimum atomic E-state index is 0.0536. The van der Waals surface area contributed by atoms with Gasteiger partial charge in [-0.2, -0.15) is 0 Å². The van der Waals surface area contributed by atoms with Crippen LogP contribution >= 0.6 is 0 Å². The lowest BCUT2D eigenvalue weighted by Gasteiger charge is -2.42. The van der Waals surface area contributed by atoms with Gasteiger partial charge in [-0.05, 0) is 102 Å². The molecule has 4 aromatic rings. The zero-order valence-electron chi connectivity index (χ0n) is 39.4. The molecule has 0 saturated heterocycles. The van der Waals surface area contributed by atoms with Crippen molar-refractivity contribution in [3.63, 3.8) is 0 Å². The molecule has 1 saturated carbocycles. The molecule has 0 aliphatic heterocycles. The van der Waals surface area contributed by atoms with Gasteiger partial charge in [0, 0.05) is 28.6 Å². The highest BCUT2D eigenvalue weighted by atomic mass is 14.5. The monoisotopic (exact) mass is 825 g/mol. The topological polar surface area (TPSA) is 52.0 Å². The van der Waals surface area contributed by atoms with E-state index >= 15 is 0 Å². The summed E-state index contributed by atoms with van der Waals surface area (Å²) in [5.41, 5.74) is 22.8. The molecule has 2 atom stereocenters. The van der Waals surface area contributed by atoms with Crippen LogP contribution in [0.4, 0.5) is 11.4 Å². The maximum atomic E-state index is 6.18. The molecule has 0 spiro atoms. The van der Waals surface area contributed by atoms with Gasteiger partial charge >= 0.3 is 0 Å². The van der Waals surface area contributed by atoms with Crippen molar-refractivity contribution in [3.05, 3.63) is 130 Å². The van der Waals surface area contributed by atoms with E-state index in [4.69, 9.17) is 11.5 Å². The summed E-state index contributed by atoms with van der Waals surface area (Å²) in [7, 11) is 0. The predicted octanol–water partition coefficient (Wildman–Crippen LogP) is 18.0. The lowest BCUT2D eigenvalue weighted by atomic mass is 9.62. The van der Waals surface area contributed by atoms with E-state index in [1.165, 1.54) is 213 Å². The first-order chi connectivity index (χ1) is 30.0. The highest BCUT2D eigenvalue weighted by Crippen LogP contribution is 2.48. The molecular weight excluding hydrogens is 737 g/mol. The minimum absolute atomic E-state index is 0.0536. The Bertz CT molecular complexity index is 1580. The van der Waals surface area contributed by atoms with Crippen LogP contribution in [0.2, 0.25) is 0 Å². The number of hydrogen-bond donors (Lipinski definition) is 2. The van der Waals surface area contributed by atoms with Crippen LogP contribution in [0.15, 0.2) is 97.1 Å². The second-order valence-corrected chi connectivity index (χ2v) is 19.4. The molecule has 2 heteroatoms. The zero-order chi connectivity index (χ0) is 43.0. The van der Waals surface area contributed by atoms with E-state index in [1.54, 1.807) is 0 Å². The Kier molecular flexibility index (Phi) is 21.9. The summed E-state index contributed by atoms with van der Waals surface area (Å²) in [5.74, 6) is 1.66. The number of unbranched alkanes of at least 4 members (excludes halogenated alkanes) is 18. The summed E-state index contributed by atoms with van der Waals surface area (Å²) >= 11 is 0. The maximum Gasteiger partial charge on any atom is 0.0314 e. The molecule has 0 aromatic heterocycles. The van der Waals surface area contributed by atoms with Crippen LogP contribution in [0.3, 0.4) is 0 Å². The number of nitrogen functional groups attached to an aromatic ring is 2. The standard InChI is InChI=1S/C59H88N2/c1-4-7-10-13-16-17-18-19-22-25-48-44-46-59(47-45-48,53-36-28-49(29-37-53)57(26-23-20-14-11-8-5-2)51-32-40-55(60)41-33-51)54-38-30-50(31-39-54)58(27-24-21-15-12-9-6-3)52-34-42-56(61)43-35-52/h28-43,48,57-58H,4-27,44-47,60-61H2,1-3H3. The fourth-order valence-electron chi connectivity index (χ4n) is 10.8. The van der Waals surface area contributed by atoms with Crippen LogP contribution in [0.25, 0.3) is 0 Å². The van der Waals surface area contributed by atoms with Gasteiger partial charge in [0.05, 0.1) is 0 Å². The number of rotatable bonds is 30. The Labute approximate surface area is 375 Å². The Balaban J connectivity index is 1.35. The van der Waals surface area contributed by atoms with Gasteiger partial charge < -0.3 is 11.5 Å². The molecule has 0 heterocycles. The van der Waals surface area contributed by atoms with E-state index in [2.05, 4.69) is 118 Å². The van der Waals surface area contributed by atoms with Gasteiger partial charge in [-0.1, -0.05) is 235 Å². The molecule has 1 aliphatic rings. The smallest absolute Gasteiger partial charge is 0.0314 e. The molecular formula is C59H88N2. The molecule has 1 aliphatic carbocycles.